The minimum Gasteiger partial charge on any atom is -0.346 e. The van der Waals surface area contributed by atoms with Crippen molar-refractivity contribution in [1.29, 1.82) is 0 Å². The van der Waals surface area contributed by atoms with Gasteiger partial charge in [0.2, 0.25) is 23.5 Å². The number of likely N-dealkylation sites (tertiary alicyclic amines) is 1. The largest absolute Gasteiger partial charge is 0.346 e. The van der Waals surface area contributed by atoms with Gasteiger partial charge in [-0.3, -0.25) is 24.0 Å². The van der Waals surface area contributed by atoms with Gasteiger partial charge in [0.15, 0.2) is 0 Å². The highest BCUT2D eigenvalue weighted by Gasteiger charge is 2.70. The molecule has 1 saturated carbocycles. The maximum atomic E-state index is 14.4. The molecule has 0 spiro atoms. The lowest BCUT2D eigenvalue weighted by molar-refractivity contribution is -0.145. The molecule has 0 aromatic rings. The first-order chi connectivity index (χ1) is 21.8. The molecule has 1 saturated heterocycles. The van der Waals surface area contributed by atoms with E-state index in [1.165, 1.54) is 11.0 Å². The third kappa shape index (κ3) is 9.59. The molecule has 2 aliphatic rings. The quantitative estimate of drug-likeness (QED) is 0.174. The molecule has 12 heteroatoms. The van der Waals surface area contributed by atoms with Crippen molar-refractivity contribution in [3.8, 4) is 0 Å². The molecule has 1 unspecified atom stereocenters. The van der Waals surface area contributed by atoms with Gasteiger partial charge in [-0.15, -0.1) is 6.58 Å². The van der Waals surface area contributed by atoms with Gasteiger partial charge in [-0.05, 0) is 34.5 Å². The predicted molar refractivity (Wildman–Crippen MR) is 187 cm³/mol. The van der Waals surface area contributed by atoms with Crippen molar-refractivity contribution in [2.45, 2.75) is 120 Å². The molecule has 1 heterocycles. The second-order valence-electron chi connectivity index (χ2n) is 17.4. The summed E-state index contributed by atoms with van der Waals surface area (Å²) in [4.78, 5) is 83.4. The van der Waals surface area contributed by atoms with Crippen molar-refractivity contribution in [2.24, 2.45) is 33.5 Å². The highest BCUT2D eigenvalue weighted by atomic mass is 16.2. The number of ketones is 1. The smallest absolute Gasteiger partial charge is 0.315 e. The summed E-state index contributed by atoms with van der Waals surface area (Å²) in [5, 5.41) is 11.2. The molecule has 6 amide bonds. The van der Waals surface area contributed by atoms with Crippen LogP contribution in [0.5, 0.6) is 0 Å². The van der Waals surface area contributed by atoms with Crippen molar-refractivity contribution in [2.75, 3.05) is 26.7 Å². The van der Waals surface area contributed by atoms with Crippen LogP contribution in [0.2, 0.25) is 0 Å². The van der Waals surface area contributed by atoms with Gasteiger partial charge in [-0.2, -0.15) is 0 Å². The molecular formula is C36H62N6O6. The lowest BCUT2D eigenvalue weighted by Crippen LogP contribution is -2.63. The van der Waals surface area contributed by atoms with Gasteiger partial charge in [-0.1, -0.05) is 95.6 Å². The lowest BCUT2D eigenvalue weighted by atomic mass is 9.84. The number of hydrogen-bond donors (Lipinski definition) is 4. The van der Waals surface area contributed by atoms with E-state index < -0.39 is 69.9 Å². The topological polar surface area (TPSA) is 157 Å². The molecule has 0 bridgehead atoms. The van der Waals surface area contributed by atoms with Crippen molar-refractivity contribution in [1.82, 2.24) is 31.1 Å². The Hall–Kier alpha value is -3.44. The van der Waals surface area contributed by atoms with Gasteiger partial charge in [-0.25, -0.2) is 4.79 Å². The van der Waals surface area contributed by atoms with Crippen LogP contribution in [0.25, 0.3) is 0 Å². The number of nitrogens with zero attached hydrogens (tertiary/aromatic N) is 2. The summed E-state index contributed by atoms with van der Waals surface area (Å²) in [6.45, 7) is 27.2. The number of piperidine rings is 1. The zero-order valence-corrected chi connectivity index (χ0v) is 31.6. The number of likely N-dealkylation sites (N-methyl/N-ethyl adjacent to an activating group) is 1. The molecule has 6 atom stereocenters. The summed E-state index contributed by atoms with van der Waals surface area (Å²) in [5.41, 5.74) is -1.91. The molecule has 0 aromatic carbocycles. The van der Waals surface area contributed by atoms with Gasteiger partial charge in [0.1, 0.15) is 12.1 Å². The number of amides is 6. The number of carbonyl (C=O) groups is 6. The number of Topliss-reactive ketones (excluding diaryl/α,β-unsaturated/α-hetero) is 1. The number of carbonyl (C=O) groups excluding carboxylic acids is 6. The predicted octanol–water partition coefficient (Wildman–Crippen LogP) is 3.26. The molecule has 2 fully saturated rings. The zero-order chi connectivity index (χ0) is 37.2. The molecule has 1 aliphatic carbocycles. The molecular weight excluding hydrogens is 612 g/mol. The van der Waals surface area contributed by atoms with Crippen LogP contribution in [0.15, 0.2) is 12.7 Å². The van der Waals surface area contributed by atoms with E-state index in [0.717, 1.165) is 0 Å². The zero-order valence-electron chi connectivity index (χ0n) is 31.6. The van der Waals surface area contributed by atoms with E-state index in [2.05, 4.69) is 41.7 Å². The number of rotatable bonds is 13. The van der Waals surface area contributed by atoms with Crippen molar-refractivity contribution < 1.29 is 28.8 Å². The second-order valence-corrected chi connectivity index (χ2v) is 17.4. The fourth-order valence-electron chi connectivity index (χ4n) is 6.65. The Morgan fingerprint density at radius 2 is 1.52 bits per heavy atom. The molecule has 0 radical (unpaired) electrons. The summed E-state index contributed by atoms with van der Waals surface area (Å²) in [5.74, 6) is -2.54. The van der Waals surface area contributed by atoms with Crippen LogP contribution in [-0.2, 0) is 24.0 Å². The van der Waals surface area contributed by atoms with Gasteiger partial charge in [0, 0.05) is 32.1 Å². The van der Waals surface area contributed by atoms with Crippen LogP contribution < -0.4 is 21.3 Å². The molecule has 0 aromatic heterocycles. The van der Waals surface area contributed by atoms with E-state index in [0.29, 0.717) is 13.0 Å². The first-order valence-corrected chi connectivity index (χ1v) is 17.2. The average molecular weight is 675 g/mol. The number of urea groups is 1. The second kappa shape index (κ2) is 15.0. The van der Waals surface area contributed by atoms with E-state index in [9.17, 15) is 28.8 Å². The maximum absolute atomic E-state index is 14.4. The Balaban J connectivity index is 2.32. The normalized spacial score (nSPS) is 21.9. The fraction of sp³-hybridized carbons (Fsp3) is 0.778. The molecule has 48 heavy (non-hydrogen) atoms. The Morgan fingerprint density at radius 3 is 2.00 bits per heavy atom. The first-order valence-electron chi connectivity index (χ1n) is 17.2. The summed E-state index contributed by atoms with van der Waals surface area (Å²) in [6.07, 6.45) is 2.28. The van der Waals surface area contributed by atoms with E-state index in [-0.39, 0.29) is 42.7 Å². The highest BCUT2D eigenvalue weighted by molar-refractivity contribution is 6.38. The third-order valence-electron chi connectivity index (χ3n) is 9.79. The summed E-state index contributed by atoms with van der Waals surface area (Å²) in [6, 6.07) is -3.87. The number of nitrogens with one attached hydrogen (secondary N) is 4. The molecule has 2 rings (SSSR count). The SMILES string of the molecule is C=CCNC(=O)C(=O)C(CCC)NC(=O)[C@@H]1[C@@H]2[C@H](CN1C(=O)[C@@H](NC(=O)N[C@@H](CN(C)C(=O)C(C)(C)C)C(C)(C)C)C(C)(C)C)C2(C)C. The highest BCUT2D eigenvalue weighted by Crippen LogP contribution is 2.65. The van der Waals surface area contributed by atoms with Crippen LogP contribution in [0.3, 0.4) is 0 Å². The number of hydrogen-bond acceptors (Lipinski definition) is 6. The summed E-state index contributed by atoms with van der Waals surface area (Å²) in [7, 11) is 1.71. The average Bonchev–Trinajstić information content (AvgIpc) is 3.27. The third-order valence-corrected chi connectivity index (χ3v) is 9.79. The lowest BCUT2D eigenvalue weighted by Gasteiger charge is -2.39. The van der Waals surface area contributed by atoms with Gasteiger partial charge in [0.25, 0.3) is 5.91 Å². The van der Waals surface area contributed by atoms with Crippen LogP contribution >= 0.6 is 0 Å². The van der Waals surface area contributed by atoms with Crippen molar-refractivity contribution in [3.63, 3.8) is 0 Å². The monoisotopic (exact) mass is 674 g/mol. The molecule has 4 N–H and O–H groups in total. The van der Waals surface area contributed by atoms with E-state index >= 15 is 0 Å². The summed E-state index contributed by atoms with van der Waals surface area (Å²) < 4.78 is 0. The Labute approximate surface area is 287 Å². The van der Waals surface area contributed by atoms with Crippen LogP contribution in [0, 0.1) is 33.5 Å². The fourth-order valence-corrected chi connectivity index (χ4v) is 6.65. The minimum absolute atomic E-state index is 0.0539. The van der Waals surface area contributed by atoms with Crippen LogP contribution in [0.1, 0.15) is 95.9 Å². The Morgan fingerprint density at radius 1 is 0.938 bits per heavy atom. The Kier molecular flexibility index (Phi) is 12.7. The van der Waals surface area contributed by atoms with E-state index in [4.69, 9.17) is 0 Å². The molecule has 12 nitrogen and oxygen atoms in total. The first kappa shape index (κ1) is 40.7. The van der Waals surface area contributed by atoms with Gasteiger partial charge in [0.05, 0.1) is 12.1 Å². The van der Waals surface area contributed by atoms with E-state index in [1.807, 2.05) is 69.2 Å². The number of fused-ring (bicyclic) bond motifs is 1. The van der Waals surface area contributed by atoms with Crippen molar-refractivity contribution in [3.05, 3.63) is 12.7 Å². The maximum Gasteiger partial charge on any atom is 0.315 e. The summed E-state index contributed by atoms with van der Waals surface area (Å²) >= 11 is 0. The van der Waals surface area contributed by atoms with Crippen molar-refractivity contribution >= 4 is 35.4 Å². The van der Waals surface area contributed by atoms with Crippen LogP contribution in [-0.4, -0.2) is 96.1 Å². The molecule has 272 valence electrons. The van der Waals surface area contributed by atoms with Gasteiger partial charge < -0.3 is 31.1 Å². The Bertz CT molecular complexity index is 1260. The molecule has 1 aliphatic heterocycles. The minimum atomic E-state index is -1.04. The van der Waals surface area contributed by atoms with Crippen LogP contribution in [0.4, 0.5) is 4.79 Å². The standard InChI is InChI=1S/C36H62N6O6/c1-15-17-22(26(43)29(45)37-18-16-2)38-28(44)25-24-21(36(24,12)13)19-42(25)30(46)27(34(6,7)8)40-32(48)39-23(33(3,4)5)20-41(14)31(47)35(9,10)11/h16,21-25,27H,2,15,17-20H2,1,3-14H3,(H,37,45)(H,38,44)(H2,39,40,48)/t21-,22?,23-,24-,25-,27+/m0/s1. The van der Waals surface area contributed by atoms with Gasteiger partial charge >= 0.3 is 6.03 Å². The van der Waals surface area contributed by atoms with E-state index in [1.54, 1.807) is 11.9 Å².